The molecular weight excluding hydrogens is 488 g/mol. The molecule has 8 rings (SSSR count). The molecule has 0 spiro atoms. The van der Waals surface area contributed by atoms with Crippen LogP contribution in [0.2, 0.25) is 0 Å². The molecule has 0 fully saturated rings. The number of rotatable bonds is 6. The van der Waals surface area contributed by atoms with Crippen LogP contribution in [-0.4, -0.2) is 0 Å². The second-order valence-corrected chi connectivity index (χ2v) is 11.9. The molecule has 0 aliphatic heterocycles. The topological polar surface area (TPSA) is 0 Å². The molecule has 0 N–H and O–H groups in total. The van der Waals surface area contributed by atoms with Gasteiger partial charge in [0, 0.05) is 20.2 Å². The largest absolute Gasteiger partial charge is 0.135 e. The summed E-state index contributed by atoms with van der Waals surface area (Å²) in [6, 6.07) is 47.5. The van der Waals surface area contributed by atoms with Gasteiger partial charge in [0.1, 0.15) is 0 Å². The standard InChI is InChI=1S/C38H28S/c1-3-10-25(11-4-1)18-19-28(22-26-12-5-2-6-13-26)29-23-33-31-16-8-7-15-30(31)32-17-9-14-27-20-21-34-38(36(27)32)37(33)35(24-29)39-34/h1-17,20-21,23-24,28H,18-19,22H2. The van der Waals surface area contributed by atoms with Gasteiger partial charge in [0.05, 0.1) is 0 Å². The van der Waals surface area contributed by atoms with E-state index in [2.05, 4.69) is 127 Å². The second-order valence-electron chi connectivity index (χ2n) is 10.8. The molecule has 7 aromatic rings. The van der Waals surface area contributed by atoms with Gasteiger partial charge in [-0.15, -0.1) is 11.3 Å². The van der Waals surface area contributed by atoms with Gasteiger partial charge in [0.25, 0.3) is 0 Å². The summed E-state index contributed by atoms with van der Waals surface area (Å²) < 4.78 is 2.80. The van der Waals surface area contributed by atoms with E-state index in [-0.39, 0.29) is 0 Å². The molecule has 1 aliphatic rings. The lowest BCUT2D eigenvalue weighted by Crippen LogP contribution is -2.05. The number of hydrogen-bond donors (Lipinski definition) is 0. The van der Waals surface area contributed by atoms with E-state index >= 15 is 0 Å². The maximum absolute atomic E-state index is 2.54. The fourth-order valence-electron chi connectivity index (χ4n) is 6.68. The first kappa shape index (κ1) is 22.8. The third kappa shape index (κ3) is 3.80. The van der Waals surface area contributed by atoms with Crippen molar-refractivity contribution in [1.82, 2.24) is 0 Å². The lowest BCUT2D eigenvalue weighted by molar-refractivity contribution is 0.622. The van der Waals surface area contributed by atoms with Gasteiger partial charge in [-0.25, -0.2) is 0 Å². The van der Waals surface area contributed by atoms with Crippen LogP contribution in [0.15, 0.2) is 127 Å². The van der Waals surface area contributed by atoms with Gasteiger partial charge >= 0.3 is 0 Å². The predicted molar refractivity (Wildman–Crippen MR) is 169 cm³/mol. The van der Waals surface area contributed by atoms with E-state index in [1.165, 1.54) is 69.9 Å². The van der Waals surface area contributed by atoms with Crippen molar-refractivity contribution in [2.45, 2.75) is 25.2 Å². The van der Waals surface area contributed by atoms with Gasteiger partial charge in [-0.2, -0.15) is 0 Å². The third-order valence-corrected chi connectivity index (χ3v) is 9.63. The maximum atomic E-state index is 2.54. The molecule has 0 amide bonds. The van der Waals surface area contributed by atoms with E-state index in [4.69, 9.17) is 0 Å². The molecule has 186 valence electrons. The molecule has 39 heavy (non-hydrogen) atoms. The summed E-state index contributed by atoms with van der Waals surface area (Å²) in [7, 11) is 0. The highest BCUT2D eigenvalue weighted by Gasteiger charge is 2.24. The minimum atomic E-state index is 0.441. The van der Waals surface area contributed by atoms with Crippen LogP contribution in [0, 0.1) is 0 Å². The molecule has 0 radical (unpaired) electrons. The van der Waals surface area contributed by atoms with Crippen molar-refractivity contribution in [2.75, 3.05) is 0 Å². The summed E-state index contributed by atoms with van der Waals surface area (Å²) in [6.07, 6.45) is 3.26. The molecule has 0 nitrogen and oxygen atoms in total. The normalized spacial score (nSPS) is 12.8. The molecule has 1 aliphatic carbocycles. The zero-order valence-electron chi connectivity index (χ0n) is 21.7. The SMILES string of the molecule is c1ccc(CCC(Cc2ccccc2)c2cc3c4c(c2)sc2ccc5cccc(c5c24)-c2ccccc2-3)cc1. The minimum absolute atomic E-state index is 0.441. The van der Waals surface area contributed by atoms with Crippen molar-refractivity contribution in [3.8, 4) is 22.3 Å². The quantitative estimate of drug-likeness (QED) is 0.206. The number of benzene rings is 6. The Kier molecular flexibility index (Phi) is 5.38. The van der Waals surface area contributed by atoms with Crippen LogP contribution in [0.1, 0.15) is 29.0 Å². The number of thiophene rings is 1. The van der Waals surface area contributed by atoms with Gasteiger partial charge in [-0.05, 0) is 87.0 Å². The highest BCUT2D eigenvalue weighted by Crippen LogP contribution is 2.51. The third-order valence-electron chi connectivity index (χ3n) is 8.53. The summed E-state index contributed by atoms with van der Waals surface area (Å²) in [4.78, 5) is 0. The molecule has 1 heteroatoms. The van der Waals surface area contributed by atoms with Gasteiger partial charge in [0.15, 0.2) is 0 Å². The Labute approximate surface area is 233 Å². The number of fused-ring (bicyclic) bond motifs is 3. The van der Waals surface area contributed by atoms with E-state index in [9.17, 15) is 0 Å². The molecular formula is C38H28S. The van der Waals surface area contributed by atoms with E-state index < -0.39 is 0 Å². The lowest BCUT2D eigenvalue weighted by atomic mass is 9.84. The zero-order chi connectivity index (χ0) is 25.8. The zero-order valence-corrected chi connectivity index (χ0v) is 22.5. The van der Waals surface area contributed by atoms with Gasteiger partial charge < -0.3 is 0 Å². The fraction of sp³-hybridized carbons (Fsp3) is 0.105. The van der Waals surface area contributed by atoms with E-state index in [0.29, 0.717) is 5.92 Å². The summed E-state index contributed by atoms with van der Waals surface area (Å²) >= 11 is 1.96. The van der Waals surface area contributed by atoms with E-state index in [1.807, 2.05) is 11.3 Å². The van der Waals surface area contributed by atoms with Gasteiger partial charge in [-0.1, -0.05) is 115 Å². The lowest BCUT2D eigenvalue weighted by Gasteiger charge is -2.20. The average molecular weight is 517 g/mol. The average Bonchev–Trinajstić information content (AvgIpc) is 3.32. The molecule has 0 bridgehead atoms. The highest BCUT2D eigenvalue weighted by molar-refractivity contribution is 7.26. The Morgan fingerprint density at radius 2 is 1.18 bits per heavy atom. The van der Waals surface area contributed by atoms with Crippen molar-refractivity contribution >= 4 is 42.3 Å². The van der Waals surface area contributed by atoms with Crippen molar-refractivity contribution in [3.63, 3.8) is 0 Å². The Morgan fingerprint density at radius 1 is 0.487 bits per heavy atom. The smallest absolute Gasteiger partial charge is 0.0364 e. The van der Waals surface area contributed by atoms with Gasteiger partial charge in [0.2, 0.25) is 0 Å². The first-order valence-electron chi connectivity index (χ1n) is 13.9. The summed E-state index contributed by atoms with van der Waals surface area (Å²) in [6.45, 7) is 0. The Morgan fingerprint density at radius 3 is 1.97 bits per heavy atom. The van der Waals surface area contributed by atoms with Crippen molar-refractivity contribution in [1.29, 1.82) is 0 Å². The monoisotopic (exact) mass is 516 g/mol. The fourth-order valence-corrected chi connectivity index (χ4v) is 7.87. The minimum Gasteiger partial charge on any atom is -0.135 e. The van der Waals surface area contributed by atoms with Crippen molar-refractivity contribution in [3.05, 3.63) is 144 Å². The summed E-state index contributed by atoms with van der Waals surface area (Å²) in [5.74, 6) is 0.441. The molecule has 1 heterocycles. The highest BCUT2D eigenvalue weighted by atomic mass is 32.1. The van der Waals surface area contributed by atoms with Gasteiger partial charge in [-0.3, -0.25) is 0 Å². The van der Waals surface area contributed by atoms with Crippen LogP contribution >= 0.6 is 11.3 Å². The number of hydrogen-bond acceptors (Lipinski definition) is 1. The first-order chi connectivity index (χ1) is 19.3. The molecule has 1 atom stereocenters. The molecule has 1 unspecified atom stereocenters. The summed E-state index contributed by atoms with van der Waals surface area (Å²) in [5, 5.41) is 5.61. The van der Waals surface area contributed by atoms with Crippen molar-refractivity contribution < 1.29 is 0 Å². The Balaban J connectivity index is 1.36. The molecule has 1 aromatic heterocycles. The second kappa shape index (κ2) is 9.22. The maximum Gasteiger partial charge on any atom is 0.0364 e. The van der Waals surface area contributed by atoms with Crippen LogP contribution in [-0.2, 0) is 12.8 Å². The van der Waals surface area contributed by atoms with Crippen LogP contribution in [0.4, 0.5) is 0 Å². The number of aryl methyl sites for hydroxylation is 1. The van der Waals surface area contributed by atoms with E-state index in [1.54, 1.807) is 0 Å². The van der Waals surface area contributed by atoms with Crippen LogP contribution in [0.5, 0.6) is 0 Å². The van der Waals surface area contributed by atoms with Crippen LogP contribution in [0.25, 0.3) is 53.2 Å². The molecule has 0 saturated heterocycles. The first-order valence-corrected chi connectivity index (χ1v) is 14.7. The Bertz CT molecular complexity index is 1980. The van der Waals surface area contributed by atoms with Crippen LogP contribution in [0.3, 0.4) is 0 Å². The predicted octanol–water partition coefficient (Wildman–Crippen LogP) is 10.8. The van der Waals surface area contributed by atoms with Crippen molar-refractivity contribution in [2.24, 2.45) is 0 Å². The molecule has 6 aromatic carbocycles. The van der Waals surface area contributed by atoms with Crippen LogP contribution < -0.4 is 0 Å². The summed E-state index contributed by atoms with van der Waals surface area (Å²) in [5.41, 5.74) is 9.74. The Hall–Kier alpha value is -4.20. The molecule has 0 saturated carbocycles. The van der Waals surface area contributed by atoms with E-state index in [0.717, 1.165) is 19.3 Å².